The molecule has 0 aliphatic heterocycles. The number of nitrogen functional groups attached to an aromatic ring is 1. The first-order valence-electron chi connectivity index (χ1n) is 3.18. The molecular formula is C7H8N2O2S. The normalized spacial score (nSPS) is 9.50. The fraction of sp³-hybridized carbons (Fsp3) is 0. The Kier molecular flexibility index (Phi) is 2.57. The minimum absolute atomic E-state index is 0.164. The van der Waals surface area contributed by atoms with Crippen molar-refractivity contribution in [2.45, 2.75) is 4.90 Å². The molecular weight excluding hydrogens is 176 g/mol. The van der Waals surface area contributed by atoms with E-state index in [0.717, 1.165) is 0 Å². The molecule has 12 heavy (non-hydrogen) atoms. The lowest BCUT2D eigenvalue weighted by Gasteiger charge is -2.02. The number of thiol groups is 1. The Labute approximate surface area is 74.8 Å². The predicted octanol–water partition coefficient (Wildman–Crippen LogP) is 0.959. The predicted molar refractivity (Wildman–Crippen MR) is 48.5 cm³/mol. The smallest absolute Gasteiger partial charge is 0.336 e. The summed E-state index contributed by atoms with van der Waals surface area (Å²) >= 11 is 3.98. The van der Waals surface area contributed by atoms with E-state index in [2.05, 4.69) is 18.1 Å². The second-order valence-corrected chi connectivity index (χ2v) is 2.66. The third-order valence-corrected chi connectivity index (χ3v) is 1.76. The summed E-state index contributed by atoms with van der Waals surface area (Å²) in [4.78, 5) is 10.9. The van der Waals surface area contributed by atoms with Crippen molar-refractivity contribution >= 4 is 24.3 Å². The van der Waals surface area contributed by atoms with E-state index in [9.17, 15) is 4.79 Å². The lowest BCUT2D eigenvalue weighted by molar-refractivity contribution is 0.0693. The van der Waals surface area contributed by atoms with Crippen LogP contribution in [0, 0.1) is 0 Å². The zero-order valence-electron chi connectivity index (χ0n) is 6.11. The molecule has 0 fully saturated rings. The van der Waals surface area contributed by atoms with Crippen molar-refractivity contribution in [1.29, 1.82) is 0 Å². The van der Waals surface area contributed by atoms with Crippen molar-refractivity contribution < 1.29 is 9.90 Å². The maximum Gasteiger partial charge on any atom is 0.336 e. The number of carboxylic acids is 1. The number of hydrogen-bond acceptors (Lipinski definition) is 4. The molecule has 1 aromatic carbocycles. The summed E-state index contributed by atoms with van der Waals surface area (Å²) in [7, 11) is 0. The monoisotopic (exact) mass is 184 g/mol. The third kappa shape index (κ3) is 1.69. The van der Waals surface area contributed by atoms with E-state index in [0.29, 0.717) is 10.6 Å². The summed E-state index contributed by atoms with van der Waals surface area (Å²) in [6, 6.07) is 4.57. The molecule has 0 radical (unpaired) electrons. The Morgan fingerprint density at radius 1 is 1.58 bits per heavy atom. The number of aromatic carboxylic acids is 1. The van der Waals surface area contributed by atoms with Gasteiger partial charge < -0.3 is 10.5 Å². The number of carbonyl (C=O) groups is 1. The maximum atomic E-state index is 10.5. The molecule has 5 heteroatoms. The molecule has 64 valence electrons. The molecule has 0 saturated heterocycles. The molecule has 1 aromatic rings. The average molecular weight is 184 g/mol. The van der Waals surface area contributed by atoms with Crippen LogP contribution in [0.1, 0.15) is 10.4 Å². The fourth-order valence-electron chi connectivity index (χ4n) is 0.802. The summed E-state index contributed by atoms with van der Waals surface area (Å²) < 4.78 is 0. The van der Waals surface area contributed by atoms with E-state index in [1.54, 1.807) is 12.1 Å². The fourth-order valence-corrected chi connectivity index (χ4v) is 1.11. The Balaban J connectivity index is 3.12. The zero-order valence-corrected chi connectivity index (χ0v) is 7.01. The van der Waals surface area contributed by atoms with E-state index in [-0.39, 0.29) is 5.56 Å². The van der Waals surface area contributed by atoms with Crippen molar-refractivity contribution in [3.8, 4) is 0 Å². The minimum atomic E-state index is -0.997. The lowest BCUT2D eigenvalue weighted by Crippen LogP contribution is -2.07. The summed E-state index contributed by atoms with van der Waals surface area (Å²) in [5, 5.41) is 8.63. The molecule has 4 N–H and O–H groups in total. The number of carboxylic acid groups (broad SMARTS) is 1. The van der Waals surface area contributed by atoms with Gasteiger partial charge in [0.1, 0.15) is 0 Å². The van der Waals surface area contributed by atoms with Gasteiger partial charge in [0.25, 0.3) is 0 Å². The van der Waals surface area contributed by atoms with E-state index < -0.39 is 5.97 Å². The highest BCUT2D eigenvalue weighted by Crippen LogP contribution is 2.18. The molecule has 0 heterocycles. The van der Waals surface area contributed by atoms with Crippen molar-refractivity contribution in [3.63, 3.8) is 0 Å². The lowest BCUT2D eigenvalue weighted by atomic mass is 10.2. The number of hydrogen-bond donors (Lipinski definition) is 4. The number of anilines is 1. The van der Waals surface area contributed by atoms with Gasteiger partial charge in [-0.1, -0.05) is 0 Å². The minimum Gasteiger partial charge on any atom is -0.478 e. The average Bonchev–Trinajstić information content (AvgIpc) is 2.03. The quantitative estimate of drug-likeness (QED) is 0.314. The Bertz CT molecular complexity index is 314. The van der Waals surface area contributed by atoms with Crippen LogP contribution in [0.4, 0.5) is 5.69 Å². The first-order chi connectivity index (χ1) is 5.65. The molecule has 0 aliphatic carbocycles. The maximum absolute atomic E-state index is 10.5. The van der Waals surface area contributed by atoms with Crippen molar-refractivity contribution in [1.82, 2.24) is 0 Å². The van der Waals surface area contributed by atoms with Crippen LogP contribution in [0.25, 0.3) is 0 Å². The topological polar surface area (TPSA) is 75.3 Å². The van der Waals surface area contributed by atoms with Gasteiger partial charge in [-0.3, -0.25) is 5.84 Å². The molecule has 4 nitrogen and oxygen atoms in total. The van der Waals surface area contributed by atoms with Crippen LogP contribution in [0.5, 0.6) is 0 Å². The molecule has 0 amide bonds. The van der Waals surface area contributed by atoms with E-state index >= 15 is 0 Å². The summed E-state index contributed by atoms with van der Waals surface area (Å²) in [6.45, 7) is 0. The van der Waals surface area contributed by atoms with Gasteiger partial charge in [-0.15, -0.1) is 12.6 Å². The Morgan fingerprint density at radius 2 is 2.25 bits per heavy atom. The Hall–Kier alpha value is -1.20. The van der Waals surface area contributed by atoms with Gasteiger partial charge in [0.2, 0.25) is 0 Å². The van der Waals surface area contributed by atoms with Crippen LogP contribution in [0.3, 0.4) is 0 Å². The number of nitrogens with two attached hydrogens (primary N) is 1. The van der Waals surface area contributed by atoms with Gasteiger partial charge in [0, 0.05) is 10.6 Å². The van der Waals surface area contributed by atoms with Crippen molar-refractivity contribution in [2.75, 3.05) is 5.43 Å². The second kappa shape index (κ2) is 3.46. The van der Waals surface area contributed by atoms with Crippen LogP contribution in [0.2, 0.25) is 0 Å². The molecule has 0 atom stereocenters. The molecule has 0 unspecified atom stereocenters. The first kappa shape index (κ1) is 8.89. The van der Waals surface area contributed by atoms with Gasteiger partial charge in [0.05, 0.1) is 5.56 Å². The first-order valence-corrected chi connectivity index (χ1v) is 3.63. The van der Waals surface area contributed by atoms with E-state index in [1.807, 2.05) is 0 Å². The van der Waals surface area contributed by atoms with Gasteiger partial charge in [-0.05, 0) is 18.2 Å². The number of benzene rings is 1. The highest BCUT2D eigenvalue weighted by molar-refractivity contribution is 7.80. The summed E-state index contributed by atoms with van der Waals surface area (Å²) in [6.07, 6.45) is 0. The Morgan fingerprint density at radius 3 is 2.67 bits per heavy atom. The highest BCUT2D eigenvalue weighted by Gasteiger charge is 2.06. The van der Waals surface area contributed by atoms with Crippen LogP contribution in [0.15, 0.2) is 23.1 Å². The molecule has 0 bridgehead atoms. The number of nitrogens with one attached hydrogen (secondary N) is 1. The standard InChI is InChI=1S/C7H8N2O2S/c8-9-4-1-2-5(7(10)11)6(12)3-4/h1-3,9,12H,8H2,(H,10,11). The van der Waals surface area contributed by atoms with Gasteiger partial charge in [-0.2, -0.15) is 0 Å². The van der Waals surface area contributed by atoms with E-state index in [1.165, 1.54) is 6.07 Å². The molecule has 0 aliphatic rings. The molecule has 0 saturated carbocycles. The van der Waals surface area contributed by atoms with Gasteiger partial charge in [-0.25, -0.2) is 4.79 Å². The molecule has 0 spiro atoms. The third-order valence-electron chi connectivity index (χ3n) is 1.39. The molecule has 1 rings (SSSR count). The van der Waals surface area contributed by atoms with Crippen LogP contribution < -0.4 is 11.3 Å². The zero-order chi connectivity index (χ0) is 9.14. The van der Waals surface area contributed by atoms with Crippen molar-refractivity contribution in [3.05, 3.63) is 23.8 Å². The highest BCUT2D eigenvalue weighted by atomic mass is 32.1. The van der Waals surface area contributed by atoms with Crippen LogP contribution in [-0.4, -0.2) is 11.1 Å². The van der Waals surface area contributed by atoms with Crippen molar-refractivity contribution in [2.24, 2.45) is 5.84 Å². The SMILES string of the molecule is NNc1ccc(C(=O)O)c(S)c1. The molecule has 0 aromatic heterocycles. The number of hydrazine groups is 1. The van der Waals surface area contributed by atoms with Crippen LogP contribution in [-0.2, 0) is 0 Å². The van der Waals surface area contributed by atoms with E-state index in [4.69, 9.17) is 10.9 Å². The summed E-state index contributed by atoms with van der Waals surface area (Å²) in [5.41, 5.74) is 3.19. The van der Waals surface area contributed by atoms with Crippen LogP contribution >= 0.6 is 12.6 Å². The number of rotatable bonds is 2. The second-order valence-electron chi connectivity index (χ2n) is 2.18. The van der Waals surface area contributed by atoms with Gasteiger partial charge >= 0.3 is 5.97 Å². The summed E-state index contributed by atoms with van der Waals surface area (Å²) in [5.74, 6) is 4.12. The largest absolute Gasteiger partial charge is 0.478 e. The van der Waals surface area contributed by atoms with Gasteiger partial charge in [0.15, 0.2) is 0 Å².